The van der Waals surface area contributed by atoms with Gasteiger partial charge in [-0.3, -0.25) is 0 Å². The van der Waals surface area contributed by atoms with Crippen molar-refractivity contribution in [1.29, 1.82) is 0 Å². The summed E-state index contributed by atoms with van der Waals surface area (Å²) in [5.41, 5.74) is 0. The minimum absolute atomic E-state index is 0.550. The Morgan fingerprint density at radius 2 is 2.00 bits per heavy atom. The van der Waals surface area contributed by atoms with Gasteiger partial charge in [0.25, 0.3) is 0 Å². The van der Waals surface area contributed by atoms with E-state index in [0.29, 0.717) is 5.15 Å². The Balaban J connectivity index is 0.000000396. The topological polar surface area (TPSA) is 25.8 Å². The van der Waals surface area contributed by atoms with Crippen molar-refractivity contribution in [2.75, 3.05) is 0 Å². The molecule has 0 saturated heterocycles. The average molecular weight is 215 g/mol. The molecule has 4 heteroatoms. The van der Waals surface area contributed by atoms with E-state index < -0.39 is 0 Å². The molecule has 13 heavy (non-hydrogen) atoms. The van der Waals surface area contributed by atoms with Gasteiger partial charge in [0.1, 0.15) is 15.8 Å². The first-order valence-electron chi connectivity index (χ1n) is 4.15. The van der Waals surface area contributed by atoms with Crippen molar-refractivity contribution in [3.63, 3.8) is 0 Å². The van der Waals surface area contributed by atoms with Crippen molar-refractivity contribution in [1.82, 2.24) is 9.97 Å². The van der Waals surface area contributed by atoms with Crippen LogP contribution in [0.4, 0.5) is 0 Å². The monoisotopic (exact) mass is 214 g/mol. The van der Waals surface area contributed by atoms with E-state index in [4.69, 9.17) is 11.6 Å². The second-order valence-electron chi connectivity index (χ2n) is 2.20. The molecule has 0 bridgehead atoms. The second-order valence-corrected chi connectivity index (χ2v) is 3.45. The number of rotatable bonds is 0. The highest BCUT2D eigenvalue weighted by Crippen LogP contribution is 2.24. The zero-order chi connectivity index (χ0) is 9.84. The van der Waals surface area contributed by atoms with Crippen LogP contribution in [0.15, 0.2) is 11.4 Å². The number of aryl methyl sites for hydroxylation is 1. The van der Waals surface area contributed by atoms with Gasteiger partial charge in [0, 0.05) is 5.39 Å². The van der Waals surface area contributed by atoms with Crippen molar-refractivity contribution < 1.29 is 0 Å². The number of thiophene rings is 1. The Kier molecular flexibility index (Phi) is 3.63. The van der Waals surface area contributed by atoms with Gasteiger partial charge in [-0.15, -0.1) is 11.3 Å². The summed E-state index contributed by atoms with van der Waals surface area (Å²) in [4.78, 5) is 9.22. The van der Waals surface area contributed by atoms with Crippen molar-refractivity contribution in [2.24, 2.45) is 0 Å². The number of aromatic nitrogens is 2. The quantitative estimate of drug-likeness (QED) is 0.626. The molecule has 0 aliphatic carbocycles. The highest BCUT2D eigenvalue weighted by Gasteiger charge is 2.02. The smallest absolute Gasteiger partial charge is 0.141 e. The zero-order valence-corrected chi connectivity index (χ0v) is 9.41. The van der Waals surface area contributed by atoms with Crippen LogP contribution in [0.25, 0.3) is 10.2 Å². The normalized spacial score (nSPS) is 9.54. The summed E-state index contributed by atoms with van der Waals surface area (Å²) in [5.74, 6) is 0.727. The zero-order valence-electron chi connectivity index (χ0n) is 7.84. The summed E-state index contributed by atoms with van der Waals surface area (Å²) in [7, 11) is 0. The maximum atomic E-state index is 5.86. The molecule has 2 heterocycles. The fourth-order valence-corrected chi connectivity index (χ4v) is 2.06. The summed E-state index contributed by atoms with van der Waals surface area (Å²) in [6, 6.07) is 1.93. The molecule has 0 amide bonds. The molecule has 0 aliphatic rings. The summed E-state index contributed by atoms with van der Waals surface area (Å²) < 4.78 is 0. The maximum Gasteiger partial charge on any atom is 0.141 e. The van der Waals surface area contributed by atoms with E-state index in [1.165, 1.54) is 0 Å². The van der Waals surface area contributed by atoms with Gasteiger partial charge in [-0.1, -0.05) is 25.4 Å². The van der Waals surface area contributed by atoms with Gasteiger partial charge in [-0.05, 0) is 18.4 Å². The minimum atomic E-state index is 0.550. The van der Waals surface area contributed by atoms with Crippen LogP contribution in [-0.4, -0.2) is 9.97 Å². The van der Waals surface area contributed by atoms with Crippen LogP contribution in [-0.2, 0) is 0 Å². The molecule has 70 valence electrons. The van der Waals surface area contributed by atoms with Crippen LogP contribution in [0, 0.1) is 6.92 Å². The molecule has 0 N–H and O–H groups in total. The predicted molar refractivity (Wildman–Crippen MR) is 58.5 cm³/mol. The first kappa shape index (κ1) is 10.4. The number of fused-ring (bicyclic) bond motifs is 1. The third kappa shape index (κ3) is 2.17. The van der Waals surface area contributed by atoms with Crippen LogP contribution in [0.2, 0.25) is 5.15 Å². The van der Waals surface area contributed by atoms with Crippen LogP contribution >= 0.6 is 22.9 Å². The van der Waals surface area contributed by atoms with E-state index in [2.05, 4.69) is 9.97 Å². The lowest BCUT2D eigenvalue weighted by molar-refractivity contribution is 1.10. The lowest BCUT2D eigenvalue weighted by Crippen LogP contribution is -1.86. The lowest BCUT2D eigenvalue weighted by atomic mass is 10.4. The predicted octanol–water partition coefficient (Wildman–Crippen LogP) is 3.68. The molecular formula is C9H11ClN2S. The van der Waals surface area contributed by atoms with Crippen LogP contribution in [0.5, 0.6) is 0 Å². The van der Waals surface area contributed by atoms with Crippen LogP contribution in [0.1, 0.15) is 19.7 Å². The summed E-state index contributed by atoms with van der Waals surface area (Å²) in [5, 5.41) is 3.46. The Morgan fingerprint density at radius 3 is 2.69 bits per heavy atom. The Bertz CT molecular complexity index is 397. The molecule has 2 nitrogen and oxygen atoms in total. The van der Waals surface area contributed by atoms with Gasteiger partial charge >= 0.3 is 0 Å². The Hall–Kier alpha value is -0.670. The van der Waals surface area contributed by atoms with Gasteiger partial charge in [-0.25, -0.2) is 9.97 Å². The Morgan fingerprint density at radius 1 is 1.31 bits per heavy atom. The molecule has 0 fully saturated rings. The highest BCUT2D eigenvalue weighted by atomic mass is 35.5. The molecule has 0 unspecified atom stereocenters. The number of hydrogen-bond donors (Lipinski definition) is 0. The molecule has 0 aromatic carbocycles. The molecule has 0 atom stereocenters. The van der Waals surface area contributed by atoms with E-state index in [1.807, 2.05) is 32.2 Å². The van der Waals surface area contributed by atoms with Gasteiger partial charge < -0.3 is 0 Å². The number of hydrogen-bond acceptors (Lipinski definition) is 3. The minimum Gasteiger partial charge on any atom is -0.222 e. The first-order chi connectivity index (χ1) is 6.27. The summed E-state index contributed by atoms with van der Waals surface area (Å²) >= 11 is 7.44. The molecule has 0 spiro atoms. The highest BCUT2D eigenvalue weighted by molar-refractivity contribution is 7.16. The van der Waals surface area contributed by atoms with E-state index >= 15 is 0 Å². The van der Waals surface area contributed by atoms with E-state index in [9.17, 15) is 0 Å². The van der Waals surface area contributed by atoms with Crippen molar-refractivity contribution in [3.05, 3.63) is 22.4 Å². The molecule has 0 radical (unpaired) electrons. The third-order valence-corrected chi connectivity index (χ3v) is 2.49. The van der Waals surface area contributed by atoms with Gasteiger partial charge in [0.2, 0.25) is 0 Å². The standard InChI is InChI=1S/C7H5ClN2S.C2H6/c1-4-9-6(8)5-2-3-11-7(5)10-4;1-2/h2-3H,1H3;1-2H3. The molecule has 2 rings (SSSR count). The fourth-order valence-electron chi connectivity index (χ4n) is 0.919. The van der Waals surface area contributed by atoms with E-state index in [0.717, 1.165) is 16.0 Å². The van der Waals surface area contributed by atoms with E-state index in [-0.39, 0.29) is 0 Å². The number of nitrogens with zero attached hydrogens (tertiary/aromatic N) is 2. The molecular weight excluding hydrogens is 204 g/mol. The average Bonchev–Trinajstić information content (AvgIpc) is 2.55. The van der Waals surface area contributed by atoms with Crippen molar-refractivity contribution >= 4 is 33.2 Å². The van der Waals surface area contributed by atoms with E-state index in [1.54, 1.807) is 11.3 Å². The SMILES string of the molecule is CC.Cc1nc(Cl)c2ccsc2n1. The summed E-state index contributed by atoms with van der Waals surface area (Å²) in [6.07, 6.45) is 0. The molecule has 2 aromatic rings. The molecule has 0 aliphatic heterocycles. The second kappa shape index (κ2) is 4.53. The van der Waals surface area contributed by atoms with Crippen LogP contribution in [0.3, 0.4) is 0 Å². The first-order valence-corrected chi connectivity index (χ1v) is 5.40. The summed E-state index contributed by atoms with van der Waals surface area (Å²) in [6.45, 7) is 5.84. The van der Waals surface area contributed by atoms with Crippen LogP contribution < -0.4 is 0 Å². The number of halogens is 1. The molecule has 2 aromatic heterocycles. The van der Waals surface area contributed by atoms with Gasteiger partial charge in [0.05, 0.1) is 0 Å². The van der Waals surface area contributed by atoms with Gasteiger partial charge in [-0.2, -0.15) is 0 Å². The maximum absolute atomic E-state index is 5.86. The molecule has 0 saturated carbocycles. The van der Waals surface area contributed by atoms with Crippen molar-refractivity contribution in [3.8, 4) is 0 Å². The fraction of sp³-hybridized carbons (Fsp3) is 0.333. The largest absolute Gasteiger partial charge is 0.222 e. The third-order valence-electron chi connectivity index (χ3n) is 1.39. The van der Waals surface area contributed by atoms with Gasteiger partial charge in [0.15, 0.2) is 0 Å². The Labute approximate surface area is 86.6 Å². The van der Waals surface area contributed by atoms with Crippen molar-refractivity contribution in [2.45, 2.75) is 20.8 Å². The lowest BCUT2D eigenvalue weighted by Gasteiger charge is -1.93.